The van der Waals surface area contributed by atoms with Gasteiger partial charge in [-0.05, 0) is 30.2 Å². The van der Waals surface area contributed by atoms with E-state index in [9.17, 15) is 15.0 Å². The predicted octanol–water partition coefficient (Wildman–Crippen LogP) is 1.84. The summed E-state index contributed by atoms with van der Waals surface area (Å²) in [7, 11) is 0. The van der Waals surface area contributed by atoms with Crippen LogP contribution < -0.4 is 5.32 Å². The molecule has 2 aromatic rings. The molecule has 122 valence electrons. The lowest BCUT2D eigenvalue weighted by Crippen LogP contribution is -2.40. The van der Waals surface area contributed by atoms with Gasteiger partial charge >= 0.3 is 0 Å². The molecule has 2 rings (SSSR count). The second-order valence-electron chi connectivity index (χ2n) is 5.64. The van der Waals surface area contributed by atoms with E-state index in [2.05, 4.69) is 5.32 Å². The number of hydrogen-bond donors (Lipinski definition) is 4. The minimum atomic E-state index is -1.63. The van der Waals surface area contributed by atoms with Crippen LogP contribution in [-0.4, -0.2) is 33.4 Å². The SMILES string of the molecule is CC(O)(CCO)C(=O)Nc1ccc(C(O)c2ccccc2)cc1. The molecule has 5 heteroatoms. The molecule has 23 heavy (non-hydrogen) atoms. The molecule has 2 aromatic carbocycles. The maximum absolute atomic E-state index is 11.9. The fourth-order valence-electron chi connectivity index (χ4n) is 2.17. The van der Waals surface area contributed by atoms with Crippen LogP contribution in [0.4, 0.5) is 5.69 Å². The normalized spacial score (nSPS) is 14.8. The summed E-state index contributed by atoms with van der Waals surface area (Å²) in [6.07, 6.45) is -0.776. The Morgan fingerprint density at radius 2 is 1.65 bits per heavy atom. The summed E-state index contributed by atoms with van der Waals surface area (Å²) < 4.78 is 0. The molecule has 0 aliphatic heterocycles. The Morgan fingerprint density at radius 3 is 2.22 bits per heavy atom. The average Bonchev–Trinajstić information content (AvgIpc) is 2.55. The number of carbonyl (C=O) groups excluding carboxylic acids is 1. The summed E-state index contributed by atoms with van der Waals surface area (Å²) in [4.78, 5) is 11.9. The predicted molar refractivity (Wildman–Crippen MR) is 87.9 cm³/mol. The second kappa shape index (κ2) is 7.37. The molecule has 2 unspecified atom stereocenters. The lowest BCUT2D eigenvalue weighted by molar-refractivity contribution is -0.133. The number of aliphatic hydroxyl groups is 3. The number of hydrogen-bond acceptors (Lipinski definition) is 4. The molecule has 0 aliphatic carbocycles. The van der Waals surface area contributed by atoms with Crippen molar-refractivity contribution < 1.29 is 20.1 Å². The van der Waals surface area contributed by atoms with Crippen LogP contribution in [-0.2, 0) is 4.79 Å². The van der Waals surface area contributed by atoms with E-state index in [1.807, 2.05) is 30.3 Å². The Bertz CT molecular complexity index is 638. The van der Waals surface area contributed by atoms with E-state index in [0.29, 0.717) is 11.3 Å². The highest BCUT2D eigenvalue weighted by Crippen LogP contribution is 2.23. The van der Waals surface area contributed by atoms with Crippen LogP contribution in [0, 0.1) is 0 Å². The highest BCUT2D eigenvalue weighted by Gasteiger charge is 2.29. The molecule has 0 bridgehead atoms. The van der Waals surface area contributed by atoms with Crippen LogP contribution in [0.2, 0.25) is 0 Å². The van der Waals surface area contributed by atoms with Gasteiger partial charge in [0.25, 0.3) is 5.91 Å². The number of nitrogens with one attached hydrogen (secondary N) is 1. The highest BCUT2D eigenvalue weighted by molar-refractivity contribution is 5.96. The van der Waals surface area contributed by atoms with Gasteiger partial charge in [-0.25, -0.2) is 0 Å². The van der Waals surface area contributed by atoms with Crippen molar-refractivity contribution in [2.24, 2.45) is 0 Å². The van der Waals surface area contributed by atoms with Crippen LogP contribution in [0.1, 0.15) is 30.6 Å². The summed E-state index contributed by atoms with van der Waals surface area (Å²) in [6, 6.07) is 16.0. The zero-order valence-electron chi connectivity index (χ0n) is 12.9. The molecular formula is C18H21NO4. The second-order valence-corrected chi connectivity index (χ2v) is 5.64. The standard InChI is InChI=1S/C18H21NO4/c1-18(23,11-12-20)17(22)19-15-9-7-14(8-10-15)16(21)13-5-3-2-4-6-13/h2-10,16,20-21,23H,11-12H2,1H3,(H,19,22). The summed E-state index contributed by atoms with van der Waals surface area (Å²) in [5, 5.41) is 31.7. The van der Waals surface area contributed by atoms with Crippen LogP contribution in [0.25, 0.3) is 0 Å². The third-order valence-electron chi connectivity index (χ3n) is 3.69. The largest absolute Gasteiger partial charge is 0.396 e. The Hall–Kier alpha value is -2.21. The summed E-state index contributed by atoms with van der Waals surface area (Å²) in [5.41, 5.74) is 0.375. The van der Waals surface area contributed by atoms with Crippen LogP contribution in [0.15, 0.2) is 54.6 Å². The van der Waals surface area contributed by atoms with Gasteiger partial charge in [0.2, 0.25) is 0 Å². The quantitative estimate of drug-likeness (QED) is 0.655. The van der Waals surface area contributed by atoms with E-state index < -0.39 is 17.6 Å². The Labute approximate surface area is 135 Å². The van der Waals surface area contributed by atoms with Gasteiger partial charge in [-0.15, -0.1) is 0 Å². The first-order valence-electron chi connectivity index (χ1n) is 7.42. The van der Waals surface area contributed by atoms with Gasteiger partial charge in [-0.1, -0.05) is 42.5 Å². The Morgan fingerprint density at radius 1 is 1.09 bits per heavy atom. The van der Waals surface area contributed by atoms with Crippen molar-refractivity contribution in [1.29, 1.82) is 0 Å². The maximum Gasteiger partial charge on any atom is 0.256 e. The first-order valence-corrected chi connectivity index (χ1v) is 7.42. The van der Waals surface area contributed by atoms with Crippen molar-refractivity contribution in [3.8, 4) is 0 Å². The van der Waals surface area contributed by atoms with E-state index in [-0.39, 0.29) is 13.0 Å². The van der Waals surface area contributed by atoms with Gasteiger partial charge < -0.3 is 20.6 Å². The van der Waals surface area contributed by atoms with E-state index in [1.54, 1.807) is 24.3 Å². The number of rotatable bonds is 6. The number of benzene rings is 2. The van der Waals surface area contributed by atoms with Crippen LogP contribution >= 0.6 is 0 Å². The van der Waals surface area contributed by atoms with Crippen molar-refractivity contribution in [2.45, 2.75) is 25.0 Å². The summed E-state index contributed by atoms with van der Waals surface area (Å²) in [6.45, 7) is 1.08. The highest BCUT2D eigenvalue weighted by atomic mass is 16.3. The van der Waals surface area contributed by atoms with Gasteiger partial charge in [0.05, 0.1) is 0 Å². The Balaban J connectivity index is 2.07. The van der Waals surface area contributed by atoms with Crippen molar-refractivity contribution in [2.75, 3.05) is 11.9 Å². The smallest absolute Gasteiger partial charge is 0.256 e. The third kappa shape index (κ3) is 4.39. The fraction of sp³-hybridized carbons (Fsp3) is 0.278. The van der Waals surface area contributed by atoms with Crippen molar-refractivity contribution in [3.63, 3.8) is 0 Å². The third-order valence-corrected chi connectivity index (χ3v) is 3.69. The maximum atomic E-state index is 11.9. The molecule has 5 nitrogen and oxygen atoms in total. The molecule has 0 aromatic heterocycles. The summed E-state index contributed by atoms with van der Waals surface area (Å²) >= 11 is 0. The first-order chi connectivity index (χ1) is 10.9. The van der Waals surface area contributed by atoms with E-state index in [4.69, 9.17) is 5.11 Å². The minimum Gasteiger partial charge on any atom is -0.396 e. The number of carbonyl (C=O) groups is 1. The van der Waals surface area contributed by atoms with Crippen molar-refractivity contribution >= 4 is 11.6 Å². The minimum absolute atomic E-state index is 0.0381. The van der Waals surface area contributed by atoms with E-state index in [1.165, 1.54) is 6.92 Å². The van der Waals surface area contributed by atoms with Crippen molar-refractivity contribution in [1.82, 2.24) is 0 Å². The molecule has 0 spiro atoms. The number of aliphatic hydroxyl groups excluding tert-OH is 2. The van der Waals surface area contributed by atoms with Crippen LogP contribution in [0.5, 0.6) is 0 Å². The molecule has 0 fully saturated rings. The number of anilines is 1. The molecule has 0 aliphatic rings. The first kappa shape index (κ1) is 17.1. The lowest BCUT2D eigenvalue weighted by Gasteiger charge is -2.21. The lowest BCUT2D eigenvalue weighted by atomic mass is 10.0. The van der Waals surface area contributed by atoms with Gasteiger partial charge in [0.1, 0.15) is 11.7 Å². The molecular weight excluding hydrogens is 294 g/mol. The van der Waals surface area contributed by atoms with Gasteiger partial charge in [-0.3, -0.25) is 4.79 Å². The molecule has 0 heterocycles. The molecule has 0 radical (unpaired) electrons. The number of amides is 1. The van der Waals surface area contributed by atoms with Gasteiger partial charge in [0.15, 0.2) is 0 Å². The topological polar surface area (TPSA) is 89.8 Å². The van der Waals surface area contributed by atoms with Crippen LogP contribution in [0.3, 0.4) is 0 Å². The van der Waals surface area contributed by atoms with Crippen molar-refractivity contribution in [3.05, 3.63) is 65.7 Å². The average molecular weight is 315 g/mol. The molecule has 2 atom stereocenters. The monoisotopic (exact) mass is 315 g/mol. The molecule has 1 amide bonds. The van der Waals surface area contributed by atoms with Gasteiger partial charge in [-0.2, -0.15) is 0 Å². The van der Waals surface area contributed by atoms with Gasteiger partial charge in [0, 0.05) is 18.7 Å². The fourth-order valence-corrected chi connectivity index (χ4v) is 2.17. The van der Waals surface area contributed by atoms with E-state index in [0.717, 1.165) is 5.56 Å². The zero-order valence-corrected chi connectivity index (χ0v) is 12.9. The molecule has 4 N–H and O–H groups in total. The van der Waals surface area contributed by atoms with E-state index >= 15 is 0 Å². The Kier molecular flexibility index (Phi) is 5.50. The summed E-state index contributed by atoms with van der Waals surface area (Å²) in [5.74, 6) is -0.581. The molecule has 0 saturated carbocycles. The molecule has 0 saturated heterocycles. The zero-order chi connectivity index (χ0) is 16.9.